The molecule has 4 N–H and O–H groups in total. The van der Waals surface area contributed by atoms with Crippen molar-refractivity contribution in [1.82, 2.24) is 0 Å². The Morgan fingerprint density at radius 1 is 0.857 bits per heavy atom. The van der Waals surface area contributed by atoms with Crippen molar-refractivity contribution in [2.75, 3.05) is 13.2 Å². The lowest BCUT2D eigenvalue weighted by atomic mass is 9.99. The molecule has 0 amide bonds. The highest BCUT2D eigenvalue weighted by Gasteiger charge is 2.43. The van der Waals surface area contributed by atoms with E-state index < -0.39 is 37.3 Å². The average Bonchev–Trinajstić information content (AvgIpc) is 2.49. The summed E-state index contributed by atoms with van der Waals surface area (Å²) in [5, 5.41) is 38.1. The van der Waals surface area contributed by atoms with E-state index in [0.29, 0.717) is 6.61 Å². The molecule has 0 aromatic carbocycles. The Balaban J connectivity index is 2.16. The Hall–Kier alpha value is -0.240. The lowest BCUT2D eigenvalue weighted by Gasteiger charge is -2.39. The monoisotopic (exact) mass is 306 g/mol. The molecule has 126 valence electrons. The van der Waals surface area contributed by atoms with Crippen molar-refractivity contribution in [3.05, 3.63) is 0 Å². The van der Waals surface area contributed by atoms with Gasteiger partial charge in [-0.1, -0.05) is 45.4 Å². The summed E-state index contributed by atoms with van der Waals surface area (Å²) in [5.74, 6) is 0. The minimum atomic E-state index is -1.37. The van der Waals surface area contributed by atoms with Crippen LogP contribution in [0, 0.1) is 0 Å². The predicted molar refractivity (Wildman–Crippen MR) is 77.7 cm³/mol. The zero-order valence-corrected chi connectivity index (χ0v) is 12.9. The highest BCUT2D eigenvalue weighted by molar-refractivity contribution is 4.88. The van der Waals surface area contributed by atoms with Crippen LogP contribution in [0.1, 0.15) is 51.9 Å². The molecule has 0 aromatic heterocycles. The first-order valence-corrected chi connectivity index (χ1v) is 8.04. The largest absolute Gasteiger partial charge is 0.394 e. The minimum Gasteiger partial charge on any atom is -0.394 e. The van der Waals surface area contributed by atoms with Gasteiger partial charge in [-0.15, -0.1) is 0 Å². The normalized spacial score (nSPS) is 33.3. The lowest BCUT2D eigenvalue weighted by molar-refractivity contribution is -0.301. The molecule has 0 unspecified atom stereocenters. The molecule has 1 aliphatic rings. The quantitative estimate of drug-likeness (QED) is 0.440. The van der Waals surface area contributed by atoms with Crippen LogP contribution in [-0.4, -0.2) is 64.3 Å². The summed E-state index contributed by atoms with van der Waals surface area (Å²) < 4.78 is 10.7. The Morgan fingerprint density at radius 2 is 1.48 bits per heavy atom. The van der Waals surface area contributed by atoms with Gasteiger partial charge in [0.1, 0.15) is 24.4 Å². The fourth-order valence-corrected chi connectivity index (χ4v) is 2.46. The van der Waals surface area contributed by atoms with Gasteiger partial charge in [0.05, 0.1) is 6.61 Å². The molecule has 1 fully saturated rings. The second kappa shape index (κ2) is 10.5. The van der Waals surface area contributed by atoms with Gasteiger partial charge in [0.15, 0.2) is 6.29 Å². The number of aliphatic hydroxyl groups is 4. The van der Waals surface area contributed by atoms with Gasteiger partial charge in [0.25, 0.3) is 0 Å². The van der Waals surface area contributed by atoms with Crippen LogP contribution in [0.5, 0.6) is 0 Å². The number of ether oxygens (including phenoxy) is 2. The summed E-state index contributed by atoms with van der Waals surface area (Å²) in [4.78, 5) is 0. The van der Waals surface area contributed by atoms with E-state index in [0.717, 1.165) is 19.3 Å². The van der Waals surface area contributed by atoms with Crippen molar-refractivity contribution in [3.63, 3.8) is 0 Å². The summed E-state index contributed by atoms with van der Waals surface area (Å²) in [6, 6.07) is 0. The molecule has 0 aliphatic carbocycles. The van der Waals surface area contributed by atoms with Gasteiger partial charge in [-0.25, -0.2) is 0 Å². The molecular formula is C15H30O6. The van der Waals surface area contributed by atoms with E-state index in [9.17, 15) is 15.3 Å². The van der Waals surface area contributed by atoms with E-state index in [1.54, 1.807) is 0 Å². The van der Waals surface area contributed by atoms with E-state index in [1.165, 1.54) is 25.7 Å². The standard InChI is InChI=1S/C15H30O6/c1-2-3-4-5-6-7-8-9-20-15-14(19)13(18)12(17)11(10-16)21-15/h11-19H,2-10H2,1H3/t11-,12-,13+,14+,15-/m1/s1. The van der Waals surface area contributed by atoms with Crippen LogP contribution < -0.4 is 0 Å². The molecule has 0 aromatic rings. The maximum atomic E-state index is 9.78. The summed E-state index contributed by atoms with van der Waals surface area (Å²) >= 11 is 0. The molecule has 1 aliphatic heterocycles. The van der Waals surface area contributed by atoms with E-state index >= 15 is 0 Å². The van der Waals surface area contributed by atoms with Crippen molar-refractivity contribution < 1.29 is 29.9 Å². The van der Waals surface area contributed by atoms with Gasteiger partial charge >= 0.3 is 0 Å². The second-order valence-corrected chi connectivity index (χ2v) is 5.69. The lowest BCUT2D eigenvalue weighted by Crippen LogP contribution is -2.59. The molecule has 6 heteroatoms. The van der Waals surface area contributed by atoms with Crippen LogP contribution in [0.3, 0.4) is 0 Å². The fourth-order valence-electron chi connectivity index (χ4n) is 2.46. The molecule has 0 spiro atoms. The molecule has 0 bridgehead atoms. The second-order valence-electron chi connectivity index (χ2n) is 5.69. The van der Waals surface area contributed by atoms with Gasteiger partial charge < -0.3 is 29.9 Å². The Bertz CT molecular complexity index is 261. The maximum absolute atomic E-state index is 9.78. The Labute approximate surface area is 126 Å². The number of aliphatic hydroxyl groups excluding tert-OH is 4. The maximum Gasteiger partial charge on any atom is 0.186 e. The zero-order valence-electron chi connectivity index (χ0n) is 12.9. The van der Waals surface area contributed by atoms with Crippen molar-refractivity contribution in [3.8, 4) is 0 Å². The molecule has 0 saturated carbocycles. The minimum absolute atomic E-state index is 0.427. The first-order chi connectivity index (χ1) is 10.1. The smallest absolute Gasteiger partial charge is 0.186 e. The number of rotatable bonds is 10. The van der Waals surface area contributed by atoms with Crippen molar-refractivity contribution in [1.29, 1.82) is 0 Å². The van der Waals surface area contributed by atoms with Crippen molar-refractivity contribution in [2.24, 2.45) is 0 Å². The molecule has 6 nitrogen and oxygen atoms in total. The van der Waals surface area contributed by atoms with E-state index in [4.69, 9.17) is 14.6 Å². The van der Waals surface area contributed by atoms with E-state index in [-0.39, 0.29) is 0 Å². The Kier molecular flexibility index (Phi) is 9.39. The van der Waals surface area contributed by atoms with Crippen molar-refractivity contribution in [2.45, 2.75) is 82.6 Å². The van der Waals surface area contributed by atoms with Crippen molar-refractivity contribution >= 4 is 0 Å². The summed E-state index contributed by atoms with van der Waals surface area (Å²) in [6.45, 7) is 2.19. The van der Waals surface area contributed by atoms with Crippen LogP contribution in [0.25, 0.3) is 0 Å². The van der Waals surface area contributed by atoms with Crippen LogP contribution >= 0.6 is 0 Å². The Morgan fingerprint density at radius 3 is 2.10 bits per heavy atom. The van der Waals surface area contributed by atoms with E-state index in [1.807, 2.05) is 0 Å². The molecule has 1 saturated heterocycles. The first kappa shape index (κ1) is 18.8. The summed E-state index contributed by atoms with van der Waals surface area (Å²) in [6.07, 6.45) is 2.20. The topological polar surface area (TPSA) is 99.4 Å². The van der Waals surface area contributed by atoms with Crippen LogP contribution in [0.15, 0.2) is 0 Å². The average molecular weight is 306 g/mol. The zero-order chi connectivity index (χ0) is 15.7. The molecule has 0 radical (unpaired) electrons. The van der Waals surface area contributed by atoms with Gasteiger partial charge in [0, 0.05) is 6.61 Å². The third-order valence-corrected chi connectivity index (χ3v) is 3.88. The van der Waals surface area contributed by atoms with Crippen LogP contribution in [0.4, 0.5) is 0 Å². The number of hydrogen-bond donors (Lipinski definition) is 4. The molecular weight excluding hydrogens is 276 g/mol. The third kappa shape index (κ3) is 6.18. The first-order valence-electron chi connectivity index (χ1n) is 8.04. The summed E-state index contributed by atoms with van der Waals surface area (Å²) in [5.41, 5.74) is 0. The third-order valence-electron chi connectivity index (χ3n) is 3.88. The predicted octanol–water partition coefficient (Wildman–Crippen LogP) is 0.553. The van der Waals surface area contributed by atoms with Crippen LogP contribution in [0.2, 0.25) is 0 Å². The number of unbranched alkanes of at least 4 members (excludes halogenated alkanes) is 6. The van der Waals surface area contributed by atoms with Gasteiger partial charge in [0.2, 0.25) is 0 Å². The summed E-state index contributed by atoms with van der Waals surface area (Å²) in [7, 11) is 0. The molecule has 5 atom stereocenters. The molecule has 1 rings (SSSR count). The fraction of sp³-hybridized carbons (Fsp3) is 1.00. The highest BCUT2D eigenvalue weighted by Crippen LogP contribution is 2.22. The molecule has 1 heterocycles. The molecule has 21 heavy (non-hydrogen) atoms. The van der Waals surface area contributed by atoms with Crippen LogP contribution in [-0.2, 0) is 9.47 Å². The van der Waals surface area contributed by atoms with Gasteiger partial charge in [-0.2, -0.15) is 0 Å². The van der Waals surface area contributed by atoms with E-state index in [2.05, 4.69) is 6.92 Å². The SMILES string of the molecule is CCCCCCCCCO[C@@H]1O[C@H](CO)[C@@H](O)[C@H](O)[C@@H]1O. The highest BCUT2D eigenvalue weighted by atomic mass is 16.7. The van der Waals surface area contributed by atoms with Gasteiger partial charge in [-0.3, -0.25) is 0 Å². The number of hydrogen-bond acceptors (Lipinski definition) is 6. The van der Waals surface area contributed by atoms with Gasteiger partial charge in [-0.05, 0) is 6.42 Å².